The summed E-state index contributed by atoms with van der Waals surface area (Å²) in [5.41, 5.74) is 5.89. The van der Waals surface area contributed by atoms with Gasteiger partial charge >= 0.3 is 14.8 Å². The molecule has 9 heteroatoms. The van der Waals surface area contributed by atoms with Crippen LogP contribution in [0.4, 0.5) is 0 Å². The van der Waals surface area contributed by atoms with E-state index >= 15 is 0 Å². The molecular formula is C16H33N2O6Si. The molecule has 0 bridgehead atoms. The van der Waals surface area contributed by atoms with E-state index in [1.807, 2.05) is 20.8 Å². The van der Waals surface area contributed by atoms with Crippen molar-refractivity contribution in [2.45, 2.75) is 58.8 Å². The number of aliphatic hydroxyl groups is 1. The SMILES string of the molecule is C=C(C)C(=O)OCC(O)CC(C)O[Si](CCCN)(OCC)OCC.[N]. The van der Waals surface area contributed by atoms with Gasteiger partial charge < -0.3 is 28.9 Å². The van der Waals surface area contributed by atoms with Gasteiger partial charge in [-0.05, 0) is 40.7 Å². The molecule has 25 heavy (non-hydrogen) atoms. The molecule has 0 aromatic carbocycles. The van der Waals surface area contributed by atoms with E-state index in [1.54, 1.807) is 6.92 Å². The van der Waals surface area contributed by atoms with Crippen molar-refractivity contribution in [2.24, 2.45) is 5.73 Å². The minimum Gasteiger partial charge on any atom is -0.460 e. The van der Waals surface area contributed by atoms with E-state index in [2.05, 4.69) is 6.58 Å². The first kappa shape index (κ1) is 26.4. The number of aliphatic hydroxyl groups excluding tert-OH is 1. The minimum absolute atomic E-state index is 0. The lowest BCUT2D eigenvalue weighted by atomic mass is 10.2. The number of hydrogen-bond acceptors (Lipinski definition) is 7. The average molecular weight is 378 g/mol. The van der Waals surface area contributed by atoms with Crippen LogP contribution in [0.2, 0.25) is 6.04 Å². The number of nitrogens with zero attached hydrogens (tertiary/aromatic N) is 1. The second-order valence-electron chi connectivity index (χ2n) is 5.64. The maximum Gasteiger partial charge on any atom is 0.501 e. The number of nitrogens with two attached hydrogens (primary N) is 1. The predicted molar refractivity (Wildman–Crippen MR) is 96.6 cm³/mol. The van der Waals surface area contributed by atoms with Gasteiger partial charge in [0.25, 0.3) is 0 Å². The molecule has 2 atom stereocenters. The maximum atomic E-state index is 11.3. The van der Waals surface area contributed by atoms with Gasteiger partial charge in [-0.2, -0.15) is 0 Å². The lowest BCUT2D eigenvalue weighted by molar-refractivity contribution is -0.142. The van der Waals surface area contributed by atoms with Crippen LogP contribution in [0, 0.1) is 0 Å². The fourth-order valence-corrected chi connectivity index (χ4v) is 5.02. The Morgan fingerprint density at radius 2 is 1.84 bits per heavy atom. The summed E-state index contributed by atoms with van der Waals surface area (Å²) in [6.07, 6.45) is -0.0718. The third-order valence-electron chi connectivity index (χ3n) is 3.16. The molecule has 3 N–H and O–H groups in total. The summed E-state index contributed by atoms with van der Waals surface area (Å²) in [5.74, 6) is -0.516. The van der Waals surface area contributed by atoms with Gasteiger partial charge in [-0.1, -0.05) is 6.58 Å². The molecule has 0 spiro atoms. The third-order valence-corrected chi connectivity index (χ3v) is 6.34. The van der Waals surface area contributed by atoms with Crippen molar-refractivity contribution in [3.8, 4) is 0 Å². The van der Waals surface area contributed by atoms with Gasteiger partial charge in [0, 0.05) is 43.5 Å². The lowest BCUT2D eigenvalue weighted by Gasteiger charge is -2.32. The Balaban J connectivity index is 0. The van der Waals surface area contributed by atoms with Crippen LogP contribution in [0.5, 0.6) is 0 Å². The Kier molecular flexibility index (Phi) is 15.2. The summed E-state index contributed by atoms with van der Waals surface area (Å²) >= 11 is 0. The Labute approximate surface area is 152 Å². The van der Waals surface area contributed by atoms with Crippen LogP contribution < -0.4 is 11.9 Å². The third kappa shape index (κ3) is 11.4. The minimum atomic E-state index is -2.82. The highest BCUT2D eigenvalue weighted by Crippen LogP contribution is 2.21. The highest BCUT2D eigenvalue weighted by atomic mass is 28.4. The molecule has 0 heterocycles. The van der Waals surface area contributed by atoms with Crippen LogP contribution in [0.3, 0.4) is 0 Å². The Morgan fingerprint density at radius 3 is 2.28 bits per heavy atom. The van der Waals surface area contributed by atoms with E-state index in [0.717, 1.165) is 6.42 Å². The Hall–Kier alpha value is -0.813. The van der Waals surface area contributed by atoms with Crippen molar-refractivity contribution in [2.75, 3.05) is 26.4 Å². The molecule has 0 rings (SSSR count). The first-order chi connectivity index (χ1) is 11.3. The maximum absolute atomic E-state index is 11.3. The number of carbonyl (C=O) groups excluding carboxylic acids is 1. The molecule has 0 amide bonds. The zero-order chi connectivity index (χ0) is 18.6. The topological polar surface area (TPSA) is 131 Å². The number of esters is 1. The molecule has 0 fully saturated rings. The summed E-state index contributed by atoms with van der Waals surface area (Å²) in [6, 6.07) is 0.635. The number of hydrogen-bond donors (Lipinski definition) is 2. The fourth-order valence-electron chi connectivity index (χ4n) is 2.17. The normalized spacial score (nSPS) is 13.7. The van der Waals surface area contributed by atoms with Crippen LogP contribution in [0.15, 0.2) is 12.2 Å². The molecule has 0 aromatic rings. The van der Waals surface area contributed by atoms with Crippen molar-refractivity contribution in [3.63, 3.8) is 0 Å². The van der Waals surface area contributed by atoms with Gasteiger partial charge in [-0.15, -0.1) is 0 Å². The molecule has 3 radical (unpaired) electrons. The second kappa shape index (κ2) is 14.4. The quantitative estimate of drug-likeness (QED) is 0.264. The molecule has 0 aliphatic carbocycles. The van der Waals surface area contributed by atoms with Gasteiger partial charge in [0.05, 0.1) is 6.10 Å². The van der Waals surface area contributed by atoms with Gasteiger partial charge in [0.1, 0.15) is 6.61 Å². The highest BCUT2D eigenvalue weighted by Gasteiger charge is 2.41. The van der Waals surface area contributed by atoms with E-state index in [0.29, 0.717) is 37.8 Å². The zero-order valence-electron chi connectivity index (χ0n) is 15.8. The summed E-state index contributed by atoms with van der Waals surface area (Å²) < 4.78 is 22.6. The van der Waals surface area contributed by atoms with Crippen molar-refractivity contribution in [3.05, 3.63) is 12.2 Å². The molecule has 0 saturated heterocycles. The Bertz CT molecular complexity index is 378. The van der Waals surface area contributed by atoms with Crippen molar-refractivity contribution < 1.29 is 27.9 Å². The summed E-state index contributed by atoms with van der Waals surface area (Å²) in [7, 11) is -2.82. The second-order valence-corrected chi connectivity index (χ2v) is 8.32. The monoisotopic (exact) mass is 377 g/mol. The van der Waals surface area contributed by atoms with Crippen molar-refractivity contribution in [1.29, 1.82) is 0 Å². The summed E-state index contributed by atoms with van der Waals surface area (Å²) in [5, 5.41) is 10.0. The molecule has 0 aliphatic heterocycles. The summed E-state index contributed by atoms with van der Waals surface area (Å²) in [4.78, 5) is 11.3. The van der Waals surface area contributed by atoms with Gasteiger partial charge in [0.2, 0.25) is 0 Å². The first-order valence-corrected chi connectivity index (χ1v) is 10.4. The molecule has 0 saturated carbocycles. The summed E-state index contributed by atoms with van der Waals surface area (Å²) in [6.45, 7) is 12.1. The van der Waals surface area contributed by atoms with Crippen LogP contribution in [-0.2, 0) is 22.8 Å². The number of ether oxygens (including phenoxy) is 1. The molecule has 2 unspecified atom stereocenters. The largest absolute Gasteiger partial charge is 0.501 e. The smallest absolute Gasteiger partial charge is 0.460 e. The van der Waals surface area contributed by atoms with E-state index in [1.165, 1.54) is 0 Å². The number of rotatable bonds is 14. The highest BCUT2D eigenvalue weighted by molar-refractivity contribution is 6.60. The molecule has 0 aromatic heterocycles. The van der Waals surface area contributed by atoms with Crippen molar-refractivity contribution >= 4 is 14.8 Å². The van der Waals surface area contributed by atoms with E-state index < -0.39 is 20.9 Å². The standard InChI is InChI=1S/C16H33NO6Si.N/c1-6-21-24(22-7-2,10-8-9-17)23-14(5)11-15(18)12-20-16(19)13(3)4;/h14-15,18H,3,6-12,17H2,1-2,4-5H3;. The zero-order valence-corrected chi connectivity index (χ0v) is 16.8. The molecule has 147 valence electrons. The van der Waals surface area contributed by atoms with E-state index in [9.17, 15) is 9.90 Å². The van der Waals surface area contributed by atoms with Crippen LogP contribution in [0.25, 0.3) is 0 Å². The van der Waals surface area contributed by atoms with E-state index in [-0.39, 0.29) is 18.9 Å². The van der Waals surface area contributed by atoms with Gasteiger partial charge in [-0.25, -0.2) is 4.79 Å². The van der Waals surface area contributed by atoms with Crippen LogP contribution in [-0.4, -0.2) is 58.5 Å². The first-order valence-electron chi connectivity index (χ1n) is 8.46. The number of carbonyl (C=O) groups is 1. The Morgan fingerprint density at radius 1 is 1.28 bits per heavy atom. The molecule has 0 aliphatic rings. The average Bonchev–Trinajstić information content (AvgIpc) is 2.50. The molecular weight excluding hydrogens is 344 g/mol. The molecule has 8 nitrogen and oxygen atoms in total. The van der Waals surface area contributed by atoms with Gasteiger partial charge in [-0.3, -0.25) is 0 Å². The lowest BCUT2D eigenvalue weighted by Crippen LogP contribution is -2.49. The van der Waals surface area contributed by atoms with Crippen LogP contribution >= 0.6 is 0 Å². The fraction of sp³-hybridized carbons (Fsp3) is 0.812. The van der Waals surface area contributed by atoms with Crippen LogP contribution in [0.1, 0.15) is 40.5 Å². The predicted octanol–water partition coefficient (Wildman–Crippen LogP) is 1.14. The van der Waals surface area contributed by atoms with Gasteiger partial charge in [0.15, 0.2) is 0 Å². The van der Waals surface area contributed by atoms with E-state index in [4.69, 9.17) is 23.7 Å². The van der Waals surface area contributed by atoms with Crippen molar-refractivity contribution in [1.82, 2.24) is 6.15 Å².